The number of rotatable bonds is 6. The van der Waals surface area contributed by atoms with Crippen molar-refractivity contribution in [2.45, 2.75) is 38.3 Å². The number of nitrogen functional groups attached to an aromatic ring is 1. The highest BCUT2D eigenvalue weighted by Crippen LogP contribution is 2.29. The summed E-state index contributed by atoms with van der Waals surface area (Å²) in [6, 6.07) is 9.33. The van der Waals surface area contributed by atoms with Crippen molar-refractivity contribution in [2.75, 3.05) is 11.1 Å². The van der Waals surface area contributed by atoms with Crippen LogP contribution < -0.4 is 16.4 Å². The van der Waals surface area contributed by atoms with E-state index in [0.717, 1.165) is 42.5 Å². The van der Waals surface area contributed by atoms with E-state index in [1.807, 2.05) is 6.92 Å². The molecule has 1 fully saturated rings. The standard InChI is InChI=1S/C25H24F2N4O3/c1-13-7-19(31-25(34)22(32)14-8-16(26)11-17(27)9-14)5-6-20(13)15-10-21(23(28)29-12-15)24(33)30-18-3-2-4-18/h5-12,18,22,32H,2-4H2,1H3,(H2,28,29)(H,30,33)(H,31,34). The van der Waals surface area contributed by atoms with Crippen molar-refractivity contribution in [3.63, 3.8) is 0 Å². The van der Waals surface area contributed by atoms with Gasteiger partial charge in [0.15, 0.2) is 6.10 Å². The number of carbonyl (C=O) groups is 2. The van der Waals surface area contributed by atoms with Crippen LogP contribution in [0.15, 0.2) is 48.7 Å². The summed E-state index contributed by atoms with van der Waals surface area (Å²) < 4.78 is 26.8. The summed E-state index contributed by atoms with van der Waals surface area (Å²) in [5.41, 5.74) is 8.63. The maximum atomic E-state index is 13.4. The number of hydrogen-bond acceptors (Lipinski definition) is 5. The van der Waals surface area contributed by atoms with Gasteiger partial charge in [0.05, 0.1) is 5.56 Å². The van der Waals surface area contributed by atoms with E-state index in [2.05, 4.69) is 15.6 Å². The Balaban J connectivity index is 1.51. The Kier molecular flexibility index (Phi) is 6.56. The second kappa shape index (κ2) is 9.56. The SMILES string of the molecule is Cc1cc(NC(=O)C(O)c2cc(F)cc(F)c2)ccc1-c1cnc(N)c(C(=O)NC2CCC2)c1. The van der Waals surface area contributed by atoms with Crippen molar-refractivity contribution in [3.05, 3.63) is 77.0 Å². The molecule has 1 aliphatic carbocycles. The zero-order valence-corrected chi connectivity index (χ0v) is 18.4. The van der Waals surface area contributed by atoms with Gasteiger partial charge in [0.25, 0.3) is 11.8 Å². The van der Waals surface area contributed by atoms with Crippen LogP contribution >= 0.6 is 0 Å². The van der Waals surface area contributed by atoms with Crippen molar-refractivity contribution >= 4 is 23.3 Å². The molecule has 4 rings (SSSR count). The van der Waals surface area contributed by atoms with Gasteiger partial charge in [-0.25, -0.2) is 13.8 Å². The minimum absolute atomic E-state index is 0.143. The molecule has 0 bridgehead atoms. The first-order valence-electron chi connectivity index (χ1n) is 10.8. The van der Waals surface area contributed by atoms with Gasteiger partial charge in [0.1, 0.15) is 17.5 Å². The van der Waals surface area contributed by atoms with Crippen LogP contribution in [0.1, 0.15) is 46.9 Å². The summed E-state index contributed by atoms with van der Waals surface area (Å²) in [6.07, 6.45) is 2.82. The quantitative estimate of drug-likeness (QED) is 0.440. The first-order chi connectivity index (χ1) is 16.2. The second-order valence-corrected chi connectivity index (χ2v) is 8.38. The Labute approximate surface area is 195 Å². The molecule has 9 heteroatoms. The van der Waals surface area contributed by atoms with Crippen molar-refractivity contribution in [2.24, 2.45) is 0 Å². The average Bonchev–Trinajstić information content (AvgIpc) is 2.75. The van der Waals surface area contributed by atoms with Crippen LogP contribution in [0.5, 0.6) is 0 Å². The number of carbonyl (C=O) groups excluding carboxylic acids is 2. The molecule has 1 aliphatic rings. The molecule has 0 spiro atoms. The molecule has 1 heterocycles. The van der Waals surface area contributed by atoms with Gasteiger partial charge in [-0.05, 0) is 73.2 Å². The number of benzene rings is 2. The zero-order valence-electron chi connectivity index (χ0n) is 18.4. The molecule has 2 amide bonds. The number of aryl methyl sites for hydroxylation is 1. The van der Waals surface area contributed by atoms with E-state index < -0.39 is 23.6 Å². The number of hydrogen-bond donors (Lipinski definition) is 4. The number of halogens is 2. The van der Waals surface area contributed by atoms with E-state index >= 15 is 0 Å². The molecule has 5 N–H and O–H groups in total. The van der Waals surface area contributed by atoms with Crippen LogP contribution in [0.2, 0.25) is 0 Å². The fourth-order valence-electron chi connectivity index (χ4n) is 3.78. The van der Waals surface area contributed by atoms with E-state index in [1.165, 1.54) is 0 Å². The van der Waals surface area contributed by atoms with Gasteiger partial charge in [-0.1, -0.05) is 6.07 Å². The Morgan fingerprint density at radius 3 is 2.44 bits per heavy atom. The minimum Gasteiger partial charge on any atom is -0.383 e. The maximum absolute atomic E-state index is 13.4. The molecule has 1 unspecified atom stereocenters. The Morgan fingerprint density at radius 1 is 1.12 bits per heavy atom. The number of nitrogens with two attached hydrogens (primary N) is 1. The molecule has 0 saturated heterocycles. The number of aliphatic hydroxyl groups excluding tert-OH is 1. The normalized spacial score (nSPS) is 14.2. The molecule has 2 aromatic carbocycles. The van der Waals surface area contributed by atoms with Gasteiger partial charge < -0.3 is 21.5 Å². The van der Waals surface area contributed by atoms with Crippen molar-refractivity contribution in [1.29, 1.82) is 0 Å². The third-order valence-electron chi connectivity index (χ3n) is 5.86. The van der Waals surface area contributed by atoms with Crippen LogP contribution in [-0.2, 0) is 4.79 Å². The molecular formula is C25H24F2N4O3. The summed E-state index contributed by atoms with van der Waals surface area (Å²) in [5.74, 6) is -2.73. The maximum Gasteiger partial charge on any atom is 0.257 e. The fourth-order valence-corrected chi connectivity index (χ4v) is 3.78. The number of nitrogens with zero attached hydrogens (tertiary/aromatic N) is 1. The smallest absolute Gasteiger partial charge is 0.257 e. The molecule has 7 nitrogen and oxygen atoms in total. The van der Waals surface area contributed by atoms with E-state index in [1.54, 1.807) is 30.5 Å². The van der Waals surface area contributed by atoms with Gasteiger partial charge in [0, 0.05) is 29.6 Å². The predicted octanol–water partition coefficient (Wildman–Crippen LogP) is 3.87. The second-order valence-electron chi connectivity index (χ2n) is 8.38. The largest absolute Gasteiger partial charge is 0.383 e. The number of aliphatic hydroxyl groups is 1. The topological polar surface area (TPSA) is 117 Å². The summed E-state index contributed by atoms with van der Waals surface area (Å²) >= 11 is 0. The van der Waals surface area contributed by atoms with Crippen LogP contribution in [0.25, 0.3) is 11.1 Å². The van der Waals surface area contributed by atoms with Gasteiger partial charge in [0.2, 0.25) is 0 Å². The van der Waals surface area contributed by atoms with Gasteiger partial charge >= 0.3 is 0 Å². The number of nitrogens with one attached hydrogen (secondary N) is 2. The van der Waals surface area contributed by atoms with E-state index in [-0.39, 0.29) is 23.3 Å². The monoisotopic (exact) mass is 466 g/mol. The lowest BCUT2D eigenvalue weighted by Gasteiger charge is -2.26. The zero-order chi connectivity index (χ0) is 24.4. The highest BCUT2D eigenvalue weighted by Gasteiger charge is 2.22. The Morgan fingerprint density at radius 2 is 1.82 bits per heavy atom. The number of amides is 2. The molecular weight excluding hydrogens is 442 g/mol. The molecule has 1 saturated carbocycles. The first-order valence-corrected chi connectivity index (χ1v) is 10.8. The summed E-state index contributed by atoms with van der Waals surface area (Å²) in [6.45, 7) is 1.81. The molecule has 0 aliphatic heterocycles. The number of pyridine rings is 1. The molecule has 3 aromatic rings. The number of aromatic nitrogens is 1. The van der Waals surface area contributed by atoms with Gasteiger partial charge in [-0.2, -0.15) is 0 Å². The van der Waals surface area contributed by atoms with Crippen molar-refractivity contribution in [3.8, 4) is 11.1 Å². The third-order valence-corrected chi connectivity index (χ3v) is 5.86. The highest BCUT2D eigenvalue weighted by atomic mass is 19.1. The first kappa shape index (κ1) is 23.3. The van der Waals surface area contributed by atoms with Crippen LogP contribution in [0.3, 0.4) is 0 Å². The lowest BCUT2D eigenvalue weighted by atomic mass is 9.93. The molecule has 0 radical (unpaired) electrons. The van der Waals surface area contributed by atoms with Crippen molar-refractivity contribution < 1.29 is 23.5 Å². The summed E-state index contributed by atoms with van der Waals surface area (Å²) in [5, 5.41) is 15.7. The molecule has 34 heavy (non-hydrogen) atoms. The molecule has 176 valence electrons. The lowest BCUT2D eigenvalue weighted by Crippen LogP contribution is -2.39. The predicted molar refractivity (Wildman–Crippen MR) is 124 cm³/mol. The van der Waals surface area contributed by atoms with Crippen molar-refractivity contribution in [1.82, 2.24) is 10.3 Å². The lowest BCUT2D eigenvalue weighted by molar-refractivity contribution is -0.124. The Bertz CT molecular complexity index is 1240. The van der Waals surface area contributed by atoms with Crippen LogP contribution in [-0.4, -0.2) is 27.9 Å². The summed E-state index contributed by atoms with van der Waals surface area (Å²) in [4.78, 5) is 29.2. The van der Waals surface area contributed by atoms with Gasteiger partial charge in [-0.15, -0.1) is 0 Å². The third kappa shape index (κ3) is 5.04. The van der Waals surface area contributed by atoms with E-state index in [9.17, 15) is 23.5 Å². The van der Waals surface area contributed by atoms with Crippen LogP contribution in [0.4, 0.5) is 20.3 Å². The van der Waals surface area contributed by atoms with Crippen LogP contribution in [0, 0.1) is 18.6 Å². The number of anilines is 2. The average molecular weight is 466 g/mol. The van der Waals surface area contributed by atoms with E-state index in [0.29, 0.717) is 22.9 Å². The van der Waals surface area contributed by atoms with E-state index in [4.69, 9.17) is 5.73 Å². The summed E-state index contributed by atoms with van der Waals surface area (Å²) in [7, 11) is 0. The van der Waals surface area contributed by atoms with Gasteiger partial charge in [-0.3, -0.25) is 9.59 Å². The minimum atomic E-state index is -1.75. The molecule has 1 aromatic heterocycles. The fraction of sp³-hybridized carbons (Fsp3) is 0.240. The highest BCUT2D eigenvalue weighted by molar-refractivity contribution is 6.00. The Hall–Kier alpha value is -3.85. The molecule has 1 atom stereocenters.